The summed E-state index contributed by atoms with van der Waals surface area (Å²) in [5.74, 6) is 1.02. The lowest BCUT2D eigenvalue weighted by Crippen LogP contribution is -1.87. The summed E-state index contributed by atoms with van der Waals surface area (Å²) in [7, 11) is 0. The number of hydrogen-bond acceptors (Lipinski definition) is 5. The van der Waals surface area contributed by atoms with E-state index in [0.29, 0.717) is 28.9 Å². The van der Waals surface area contributed by atoms with E-state index < -0.39 is 0 Å². The molecular weight excluding hydrogens is 320 g/mol. The minimum Gasteiger partial charge on any atom is -0.465 e. The molecule has 0 spiro atoms. The molecule has 0 atom stereocenters. The van der Waals surface area contributed by atoms with Crippen molar-refractivity contribution in [3.63, 3.8) is 0 Å². The first-order chi connectivity index (χ1) is 11.7. The van der Waals surface area contributed by atoms with Crippen LogP contribution in [0, 0.1) is 18.3 Å². The number of aryl methyl sites for hydroxylation is 1. The van der Waals surface area contributed by atoms with Gasteiger partial charge in [-0.2, -0.15) is 5.26 Å². The number of thiazole rings is 1. The van der Waals surface area contributed by atoms with E-state index in [1.807, 2.05) is 43.5 Å². The number of benzene rings is 1. The van der Waals surface area contributed by atoms with Crippen molar-refractivity contribution >= 4 is 23.0 Å². The Labute approximate surface area is 144 Å². The second-order valence-corrected chi connectivity index (χ2v) is 6.02. The van der Waals surface area contributed by atoms with Crippen LogP contribution in [-0.2, 0) is 0 Å². The fourth-order valence-corrected chi connectivity index (χ4v) is 2.96. The Hall–Kier alpha value is -2.84. The van der Waals surface area contributed by atoms with Gasteiger partial charge in [-0.05, 0) is 19.9 Å². The summed E-state index contributed by atoms with van der Waals surface area (Å²) >= 11 is 1.44. The van der Waals surface area contributed by atoms with Crippen molar-refractivity contribution in [3.05, 3.63) is 58.1 Å². The number of hydrogen-bond donors (Lipinski definition) is 0. The Kier molecular flexibility index (Phi) is 4.78. The minimum absolute atomic E-state index is 0.445. The monoisotopic (exact) mass is 336 g/mol. The van der Waals surface area contributed by atoms with Gasteiger partial charge in [0.15, 0.2) is 0 Å². The molecule has 0 fully saturated rings. The Morgan fingerprint density at radius 1 is 1.29 bits per heavy atom. The zero-order valence-electron chi connectivity index (χ0n) is 13.4. The third kappa shape index (κ3) is 3.55. The fourth-order valence-electron chi connectivity index (χ4n) is 2.17. The summed E-state index contributed by atoms with van der Waals surface area (Å²) in [6.45, 7) is 4.47. The molecule has 0 aliphatic rings. The van der Waals surface area contributed by atoms with Crippen molar-refractivity contribution in [1.82, 2.24) is 4.98 Å². The second kappa shape index (κ2) is 7.16. The van der Waals surface area contributed by atoms with E-state index in [2.05, 4.69) is 11.1 Å². The predicted molar refractivity (Wildman–Crippen MR) is 95.6 cm³/mol. The topological polar surface area (TPSA) is 59.0 Å². The summed E-state index contributed by atoms with van der Waals surface area (Å²) in [6, 6.07) is 13.9. The normalized spacial score (nSPS) is 11.3. The first-order valence-electron chi connectivity index (χ1n) is 7.57. The van der Waals surface area contributed by atoms with Gasteiger partial charge in [0.25, 0.3) is 5.95 Å². The van der Waals surface area contributed by atoms with Gasteiger partial charge in [0.2, 0.25) is 0 Å². The molecule has 4 nitrogen and oxygen atoms in total. The molecule has 3 aromatic rings. The molecule has 0 radical (unpaired) electrons. The van der Waals surface area contributed by atoms with Crippen LogP contribution in [0.5, 0.6) is 5.95 Å². The van der Waals surface area contributed by atoms with Gasteiger partial charge < -0.3 is 9.15 Å². The predicted octanol–water partition coefficient (Wildman–Crippen LogP) is 5.17. The maximum atomic E-state index is 9.44. The van der Waals surface area contributed by atoms with Gasteiger partial charge in [0, 0.05) is 23.1 Å². The number of nitriles is 1. The van der Waals surface area contributed by atoms with Crippen LogP contribution in [0.25, 0.3) is 22.9 Å². The van der Waals surface area contributed by atoms with Crippen LogP contribution in [0.15, 0.2) is 46.2 Å². The molecule has 5 heteroatoms. The van der Waals surface area contributed by atoms with Gasteiger partial charge in [-0.25, -0.2) is 4.98 Å². The highest BCUT2D eigenvalue weighted by atomic mass is 32.1. The zero-order valence-corrected chi connectivity index (χ0v) is 14.3. The molecule has 0 bridgehead atoms. The Morgan fingerprint density at radius 3 is 2.79 bits per heavy atom. The standard InChI is InChI=1S/C19H16N2O2S/c1-3-22-18-9-8-16(23-18)10-15(11-20)19-21-17(12-24-19)14-6-4-13(2)5-7-14/h4-10,12H,3H2,1-2H3/b15-10-. The number of aromatic nitrogens is 1. The lowest BCUT2D eigenvalue weighted by atomic mass is 10.1. The molecule has 0 N–H and O–H groups in total. The third-order valence-electron chi connectivity index (χ3n) is 3.38. The third-order valence-corrected chi connectivity index (χ3v) is 4.25. The smallest absolute Gasteiger partial charge is 0.284 e. The van der Waals surface area contributed by atoms with Crippen LogP contribution in [-0.4, -0.2) is 11.6 Å². The van der Waals surface area contributed by atoms with Crippen molar-refractivity contribution in [3.8, 4) is 23.3 Å². The van der Waals surface area contributed by atoms with E-state index in [1.54, 1.807) is 18.2 Å². The molecule has 0 aliphatic carbocycles. The molecule has 3 rings (SSSR count). The molecule has 2 heterocycles. The number of furan rings is 1. The van der Waals surface area contributed by atoms with E-state index in [1.165, 1.54) is 16.9 Å². The first kappa shape index (κ1) is 16.0. The molecule has 0 aliphatic heterocycles. The fraction of sp³-hybridized carbons (Fsp3) is 0.158. The van der Waals surface area contributed by atoms with Crippen molar-refractivity contribution in [2.45, 2.75) is 13.8 Å². The highest BCUT2D eigenvalue weighted by molar-refractivity contribution is 7.11. The maximum absolute atomic E-state index is 9.44. The molecule has 24 heavy (non-hydrogen) atoms. The van der Waals surface area contributed by atoms with Gasteiger partial charge in [0.1, 0.15) is 16.8 Å². The molecular formula is C19H16N2O2S. The lowest BCUT2D eigenvalue weighted by Gasteiger charge is -1.97. The van der Waals surface area contributed by atoms with E-state index in [0.717, 1.165) is 11.3 Å². The quantitative estimate of drug-likeness (QED) is 0.603. The van der Waals surface area contributed by atoms with Crippen molar-refractivity contribution in [2.24, 2.45) is 0 Å². The minimum atomic E-state index is 0.445. The van der Waals surface area contributed by atoms with Gasteiger partial charge in [-0.3, -0.25) is 0 Å². The van der Waals surface area contributed by atoms with Gasteiger partial charge in [0.05, 0.1) is 17.9 Å². The number of allylic oxidation sites excluding steroid dienone is 1. The van der Waals surface area contributed by atoms with Crippen LogP contribution < -0.4 is 4.74 Å². The summed E-state index contributed by atoms with van der Waals surface area (Å²) < 4.78 is 10.8. The highest BCUT2D eigenvalue weighted by Gasteiger charge is 2.10. The average Bonchev–Trinajstić information content (AvgIpc) is 3.23. The number of rotatable bonds is 5. The van der Waals surface area contributed by atoms with Crippen molar-refractivity contribution < 1.29 is 9.15 Å². The van der Waals surface area contributed by atoms with Crippen LogP contribution >= 0.6 is 11.3 Å². The van der Waals surface area contributed by atoms with Crippen LogP contribution in [0.1, 0.15) is 23.3 Å². The SMILES string of the molecule is CCOc1ccc(/C=C(/C#N)c2nc(-c3ccc(C)cc3)cs2)o1. The summed E-state index contributed by atoms with van der Waals surface area (Å²) in [5, 5.41) is 12.1. The molecule has 0 unspecified atom stereocenters. The Balaban J connectivity index is 1.87. The average molecular weight is 336 g/mol. The number of nitrogens with zero attached hydrogens (tertiary/aromatic N) is 2. The molecule has 0 amide bonds. The molecule has 0 saturated carbocycles. The first-order valence-corrected chi connectivity index (χ1v) is 8.45. The maximum Gasteiger partial charge on any atom is 0.284 e. The highest BCUT2D eigenvalue weighted by Crippen LogP contribution is 2.28. The van der Waals surface area contributed by atoms with Crippen molar-refractivity contribution in [1.29, 1.82) is 5.26 Å². The van der Waals surface area contributed by atoms with E-state index in [-0.39, 0.29) is 0 Å². The molecule has 120 valence electrons. The van der Waals surface area contributed by atoms with Crippen LogP contribution in [0.3, 0.4) is 0 Å². The Bertz CT molecular complexity index is 898. The van der Waals surface area contributed by atoms with E-state index >= 15 is 0 Å². The summed E-state index contributed by atoms with van der Waals surface area (Å²) in [5.41, 5.74) is 3.58. The summed E-state index contributed by atoms with van der Waals surface area (Å²) in [4.78, 5) is 4.58. The van der Waals surface area contributed by atoms with E-state index in [9.17, 15) is 5.26 Å². The second-order valence-electron chi connectivity index (χ2n) is 5.16. The van der Waals surface area contributed by atoms with Gasteiger partial charge in [-0.15, -0.1) is 11.3 Å². The molecule has 2 aromatic heterocycles. The lowest BCUT2D eigenvalue weighted by molar-refractivity contribution is 0.256. The zero-order chi connectivity index (χ0) is 16.9. The Morgan fingerprint density at radius 2 is 2.08 bits per heavy atom. The molecule has 1 aromatic carbocycles. The van der Waals surface area contributed by atoms with Crippen LogP contribution in [0.2, 0.25) is 0 Å². The van der Waals surface area contributed by atoms with Crippen molar-refractivity contribution in [2.75, 3.05) is 6.61 Å². The molecule has 0 saturated heterocycles. The van der Waals surface area contributed by atoms with Crippen LogP contribution in [0.4, 0.5) is 0 Å². The largest absolute Gasteiger partial charge is 0.465 e. The van der Waals surface area contributed by atoms with E-state index in [4.69, 9.17) is 9.15 Å². The number of ether oxygens (including phenoxy) is 1. The van der Waals surface area contributed by atoms with Gasteiger partial charge >= 0.3 is 0 Å². The summed E-state index contributed by atoms with van der Waals surface area (Å²) in [6.07, 6.45) is 1.68. The van der Waals surface area contributed by atoms with Gasteiger partial charge in [-0.1, -0.05) is 29.8 Å².